The van der Waals surface area contributed by atoms with Gasteiger partial charge in [0.15, 0.2) is 0 Å². The zero-order valence-electron chi connectivity index (χ0n) is 13.9. The Kier molecular flexibility index (Phi) is 5.36. The number of nitrogens with zero attached hydrogens (tertiary/aromatic N) is 3. The lowest BCUT2D eigenvalue weighted by Crippen LogP contribution is -2.32. The highest BCUT2D eigenvalue weighted by Gasteiger charge is 2.23. The van der Waals surface area contributed by atoms with E-state index in [1.165, 1.54) is 0 Å². The SMILES string of the molecule is CCCCC(C(=O)N(C)C)n1cc(C)c(-c2ccccc2)n1. The first-order chi connectivity index (χ1) is 10.5. The maximum atomic E-state index is 12.5. The molecule has 0 aliphatic heterocycles. The second-order valence-electron chi connectivity index (χ2n) is 5.90. The first kappa shape index (κ1) is 16.3. The number of benzene rings is 1. The van der Waals surface area contributed by atoms with Crippen LogP contribution in [-0.2, 0) is 4.79 Å². The van der Waals surface area contributed by atoms with Crippen LogP contribution in [-0.4, -0.2) is 34.7 Å². The van der Waals surface area contributed by atoms with Crippen LogP contribution in [0.4, 0.5) is 0 Å². The molecule has 4 nitrogen and oxygen atoms in total. The van der Waals surface area contributed by atoms with Crippen LogP contribution in [0.15, 0.2) is 36.5 Å². The number of aromatic nitrogens is 2. The zero-order valence-corrected chi connectivity index (χ0v) is 13.9. The Hall–Kier alpha value is -2.10. The van der Waals surface area contributed by atoms with E-state index >= 15 is 0 Å². The predicted octanol–water partition coefficient (Wildman–Crippen LogP) is 3.68. The normalized spacial score (nSPS) is 12.2. The van der Waals surface area contributed by atoms with Gasteiger partial charge in [-0.25, -0.2) is 0 Å². The molecule has 1 heterocycles. The molecule has 1 amide bonds. The molecule has 1 atom stereocenters. The van der Waals surface area contributed by atoms with Crippen LogP contribution < -0.4 is 0 Å². The lowest BCUT2D eigenvalue weighted by molar-refractivity contribution is -0.132. The fourth-order valence-electron chi connectivity index (χ4n) is 2.59. The summed E-state index contributed by atoms with van der Waals surface area (Å²) in [6.45, 7) is 4.18. The fourth-order valence-corrected chi connectivity index (χ4v) is 2.59. The number of amides is 1. The minimum Gasteiger partial charge on any atom is -0.347 e. The number of rotatable bonds is 6. The number of unbranched alkanes of at least 4 members (excludes halogenated alkanes) is 1. The van der Waals surface area contributed by atoms with Crippen molar-refractivity contribution in [3.63, 3.8) is 0 Å². The summed E-state index contributed by atoms with van der Waals surface area (Å²) in [4.78, 5) is 14.1. The summed E-state index contributed by atoms with van der Waals surface area (Å²) in [7, 11) is 3.60. The van der Waals surface area contributed by atoms with Gasteiger partial charge in [-0.2, -0.15) is 5.10 Å². The van der Waals surface area contributed by atoms with Crippen molar-refractivity contribution < 1.29 is 4.79 Å². The molecular weight excluding hydrogens is 274 g/mol. The highest BCUT2D eigenvalue weighted by Crippen LogP contribution is 2.25. The quantitative estimate of drug-likeness (QED) is 0.816. The van der Waals surface area contributed by atoms with Gasteiger partial charge in [0.25, 0.3) is 0 Å². The van der Waals surface area contributed by atoms with Crippen LogP contribution in [0.2, 0.25) is 0 Å². The molecule has 0 aliphatic rings. The molecule has 4 heteroatoms. The highest BCUT2D eigenvalue weighted by molar-refractivity contribution is 5.80. The van der Waals surface area contributed by atoms with Crippen molar-refractivity contribution in [2.75, 3.05) is 14.1 Å². The smallest absolute Gasteiger partial charge is 0.246 e. The lowest BCUT2D eigenvalue weighted by Gasteiger charge is -2.20. The third kappa shape index (κ3) is 3.56. The molecular formula is C18H25N3O. The van der Waals surface area contributed by atoms with E-state index < -0.39 is 0 Å². The van der Waals surface area contributed by atoms with Gasteiger partial charge in [-0.3, -0.25) is 9.48 Å². The van der Waals surface area contributed by atoms with Crippen molar-refractivity contribution in [1.29, 1.82) is 0 Å². The van der Waals surface area contributed by atoms with Gasteiger partial charge in [0.2, 0.25) is 5.91 Å². The summed E-state index contributed by atoms with van der Waals surface area (Å²) in [5.74, 6) is 0.107. The Morgan fingerprint density at radius 2 is 1.95 bits per heavy atom. The van der Waals surface area contributed by atoms with Crippen molar-refractivity contribution in [2.45, 2.75) is 39.2 Å². The molecule has 0 fully saturated rings. The minimum absolute atomic E-state index is 0.107. The van der Waals surface area contributed by atoms with Crippen LogP contribution >= 0.6 is 0 Å². The van der Waals surface area contributed by atoms with Gasteiger partial charge >= 0.3 is 0 Å². The van der Waals surface area contributed by atoms with Crippen molar-refractivity contribution in [1.82, 2.24) is 14.7 Å². The van der Waals surface area contributed by atoms with E-state index in [0.717, 1.165) is 36.1 Å². The summed E-state index contributed by atoms with van der Waals surface area (Å²) in [5.41, 5.74) is 3.14. The maximum absolute atomic E-state index is 12.5. The summed E-state index contributed by atoms with van der Waals surface area (Å²) in [6, 6.07) is 9.89. The van der Waals surface area contributed by atoms with Gasteiger partial charge in [0, 0.05) is 25.9 Å². The molecule has 0 spiro atoms. The Labute approximate surface area is 132 Å². The summed E-state index contributed by atoms with van der Waals surface area (Å²) in [6.07, 6.45) is 4.90. The first-order valence-corrected chi connectivity index (χ1v) is 7.87. The molecule has 0 bridgehead atoms. The van der Waals surface area contributed by atoms with Crippen molar-refractivity contribution >= 4 is 5.91 Å². The van der Waals surface area contributed by atoms with E-state index in [0.29, 0.717) is 0 Å². The van der Waals surface area contributed by atoms with E-state index in [1.54, 1.807) is 19.0 Å². The van der Waals surface area contributed by atoms with Gasteiger partial charge in [-0.1, -0.05) is 50.1 Å². The van der Waals surface area contributed by atoms with E-state index in [-0.39, 0.29) is 11.9 Å². The van der Waals surface area contributed by atoms with Crippen LogP contribution in [0.5, 0.6) is 0 Å². The van der Waals surface area contributed by atoms with Crippen LogP contribution in [0.1, 0.15) is 37.8 Å². The Morgan fingerprint density at radius 1 is 1.27 bits per heavy atom. The highest BCUT2D eigenvalue weighted by atomic mass is 16.2. The van der Waals surface area contributed by atoms with Gasteiger partial charge in [0.1, 0.15) is 6.04 Å². The van der Waals surface area contributed by atoms with Gasteiger partial charge in [-0.15, -0.1) is 0 Å². The molecule has 0 N–H and O–H groups in total. The number of carbonyl (C=O) groups excluding carboxylic acids is 1. The number of carbonyl (C=O) groups is 1. The number of hydrogen-bond acceptors (Lipinski definition) is 2. The molecule has 0 saturated carbocycles. The van der Waals surface area contributed by atoms with E-state index in [1.807, 2.05) is 36.0 Å². The Morgan fingerprint density at radius 3 is 2.55 bits per heavy atom. The van der Waals surface area contributed by atoms with Crippen LogP contribution in [0.3, 0.4) is 0 Å². The molecule has 22 heavy (non-hydrogen) atoms. The average molecular weight is 299 g/mol. The van der Waals surface area contributed by atoms with Gasteiger partial charge in [0.05, 0.1) is 5.69 Å². The standard InChI is InChI=1S/C18H25N3O/c1-5-6-12-16(18(22)20(3)4)21-13-14(2)17(19-21)15-10-8-7-9-11-15/h7-11,13,16H,5-6,12H2,1-4H3. The number of hydrogen-bond donors (Lipinski definition) is 0. The molecule has 118 valence electrons. The monoisotopic (exact) mass is 299 g/mol. The van der Waals surface area contributed by atoms with Crippen LogP contribution in [0.25, 0.3) is 11.3 Å². The molecule has 0 saturated heterocycles. The first-order valence-electron chi connectivity index (χ1n) is 7.87. The summed E-state index contributed by atoms with van der Waals surface area (Å²) >= 11 is 0. The number of aryl methyl sites for hydroxylation is 1. The van der Waals surface area contributed by atoms with Crippen molar-refractivity contribution in [3.05, 3.63) is 42.1 Å². The molecule has 0 aliphatic carbocycles. The van der Waals surface area contributed by atoms with Crippen molar-refractivity contribution in [2.24, 2.45) is 0 Å². The van der Waals surface area contributed by atoms with Crippen LogP contribution in [0, 0.1) is 6.92 Å². The van der Waals surface area contributed by atoms with Crippen molar-refractivity contribution in [3.8, 4) is 11.3 Å². The third-order valence-electron chi connectivity index (χ3n) is 3.84. The minimum atomic E-state index is -0.217. The lowest BCUT2D eigenvalue weighted by atomic mass is 10.1. The Balaban J connectivity index is 2.35. The summed E-state index contributed by atoms with van der Waals surface area (Å²) in [5, 5.41) is 4.71. The molecule has 1 aromatic heterocycles. The average Bonchev–Trinajstić information content (AvgIpc) is 2.90. The van der Waals surface area contributed by atoms with E-state index in [4.69, 9.17) is 5.10 Å². The summed E-state index contributed by atoms with van der Waals surface area (Å²) < 4.78 is 1.84. The zero-order chi connectivity index (χ0) is 16.1. The topological polar surface area (TPSA) is 38.1 Å². The fraction of sp³-hybridized carbons (Fsp3) is 0.444. The third-order valence-corrected chi connectivity index (χ3v) is 3.84. The number of likely N-dealkylation sites (N-methyl/N-ethyl adjacent to an activating group) is 1. The molecule has 0 radical (unpaired) electrons. The maximum Gasteiger partial charge on any atom is 0.246 e. The Bertz CT molecular complexity index is 617. The van der Waals surface area contributed by atoms with Gasteiger partial charge in [-0.05, 0) is 18.9 Å². The molecule has 1 unspecified atom stereocenters. The molecule has 2 rings (SSSR count). The second kappa shape index (κ2) is 7.25. The largest absolute Gasteiger partial charge is 0.347 e. The van der Waals surface area contributed by atoms with Gasteiger partial charge < -0.3 is 4.90 Å². The van der Waals surface area contributed by atoms with E-state index in [9.17, 15) is 4.79 Å². The van der Waals surface area contributed by atoms with E-state index in [2.05, 4.69) is 19.1 Å². The molecule has 2 aromatic rings. The predicted molar refractivity (Wildman–Crippen MR) is 89.7 cm³/mol. The molecule has 1 aromatic carbocycles. The second-order valence-corrected chi connectivity index (χ2v) is 5.90.